The number of fused-ring (bicyclic) bond motifs is 3. The molecule has 0 amide bonds. The van der Waals surface area contributed by atoms with Crippen molar-refractivity contribution in [1.82, 2.24) is 0 Å². The fourth-order valence-corrected chi connectivity index (χ4v) is 2.93. The number of ketones is 2. The maximum atomic E-state index is 14.0. The van der Waals surface area contributed by atoms with Crippen molar-refractivity contribution in [3.63, 3.8) is 0 Å². The highest BCUT2D eigenvalue weighted by Gasteiger charge is 2.54. The molecule has 1 aromatic carbocycles. The van der Waals surface area contributed by atoms with E-state index in [4.69, 9.17) is 4.74 Å². The molecule has 3 rings (SSSR count). The van der Waals surface area contributed by atoms with Gasteiger partial charge in [0.25, 0.3) is 0 Å². The molecular weight excluding hydrogens is 235 g/mol. The predicted molar refractivity (Wildman–Crippen MR) is 61.7 cm³/mol. The van der Waals surface area contributed by atoms with Crippen LogP contribution in [0.5, 0.6) is 0 Å². The van der Waals surface area contributed by atoms with Crippen molar-refractivity contribution < 1.29 is 18.7 Å². The van der Waals surface area contributed by atoms with Gasteiger partial charge in [-0.3, -0.25) is 9.59 Å². The zero-order valence-electron chi connectivity index (χ0n) is 9.77. The van der Waals surface area contributed by atoms with E-state index in [0.717, 1.165) is 0 Å². The average Bonchev–Trinajstić information content (AvgIpc) is 2.62. The maximum Gasteiger partial charge on any atom is 0.170 e. The quantitative estimate of drug-likeness (QED) is 0.761. The van der Waals surface area contributed by atoms with Gasteiger partial charge in [0.05, 0.1) is 5.92 Å². The molecule has 1 aromatic rings. The summed E-state index contributed by atoms with van der Waals surface area (Å²) in [6, 6.07) is 4.38. The number of hydrogen-bond donors (Lipinski definition) is 0. The minimum atomic E-state index is -1.12. The van der Waals surface area contributed by atoms with Crippen LogP contribution in [0.4, 0.5) is 4.39 Å². The minimum absolute atomic E-state index is 0.0668. The molecule has 2 aliphatic carbocycles. The lowest BCUT2D eigenvalue weighted by atomic mass is 9.79. The molecule has 0 fully saturated rings. The summed E-state index contributed by atoms with van der Waals surface area (Å²) < 4.78 is 19.4. The van der Waals surface area contributed by atoms with Crippen LogP contribution in [0.25, 0.3) is 0 Å². The fourth-order valence-electron chi connectivity index (χ4n) is 2.93. The number of Topliss-reactive ketones (excluding diaryl/α,β-unsaturated/α-hetero) is 1. The van der Waals surface area contributed by atoms with E-state index in [1.165, 1.54) is 31.4 Å². The molecule has 4 heteroatoms. The van der Waals surface area contributed by atoms with Gasteiger partial charge >= 0.3 is 0 Å². The number of halogens is 1. The van der Waals surface area contributed by atoms with Gasteiger partial charge < -0.3 is 4.74 Å². The highest BCUT2D eigenvalue weighted by Crippen LogP contribution is 2.49. The van der Waals surface area contributed by atoms with Crippen molar-refractivity contribution in [2.45, 2.75) is 12.0 Å². The molecule has 2 aliphatic rings. The van der Waals surface area contributed by atoms with Gasteiger partial charge in [0.1, 0.15) is 11.4 Å². The Balaban J connectivity index is 2.32. The molecule has 0 saturated heterocycles. The van der Waals surface area contributed by atoms with Gasteiger partial charge in [0.15, 0.2) is 11.6 Å². The summed E-state index contributed by atoms with van der Waals surface area (Å²) in [5, 5.41) is 0. The van der Waals surface area contributed by atoms with Crippen LogP contribution in [0.1, 0.15) is 22.3 Å². The summed E-state index contributed by atoms with van der Waals surface area (Å²) in [7, 11) is 1.43. The molecule has 0 heterocycles. The van der Waals surface area contributed by atoms with Crippen molar-refractivity contribution in [3.05, 3.63) is 47.3 Å². The lowest BCUT2D eigenvalue weighted by Gasteiger charge is -2.33. The molecule has 0 bridgehead atoms. The van der Waals surface area contributed by atoms with Crippen LogP contribution in [0.15, 0.2) is 30.4 Å². The van der Waals surface area contributed by atoms with E-state index in [1.807, 2.05) is 0 Å². The topological polar surface area (TPSA) is 43.4 Å². The molecule has 92 valence electrons. The van der Waals surface area contributed by atoms with Crippen LogP contribution in [-0.4, -0.2) is 18.7 Å². The molecule has 2 unspecified atom stereocenters. The number of benzene rings is 1. The molecule has 0 saturated carbocycles. The Morgan fingerprint density at radius 1 is 1.39 bits per heavy atom. The van der Waals surface area contributed by atoms with Gasteiger partial charge in [-0.25, -0.2) is 4.39 Å². The van der Waals surface area contributed by atoms with Crippen LogP contribution < -0.4 is 0 Å². The normalized spacial score (nSPS) is 29.3. The summed E-state index contributed by atoms with van der Waals surface area (Å²) in [6.07, 6.45) is 2.95. The third-order valence-electron chi connectivity index (χ3n) is 3.76. The van der Waals surface area contributed by atoms with Gasteiger partial charge in [-0.05, 0) is 18.2 Å². The third kappa shape index (κ3) is 1.21. The molecule has 0 aliphatic heterocycles. The number of carbonyl (C=O) groups excluding carboxylic acids is 2. The smallest absolute Gasteiger partial charge is 0.170 e. The van der Waals surface area contributed by atoms with Crippen molar-refractivity contribution in [2.24, 2.45) is 5.92 Å². The molecule has 18 heavy (non-hydrogen) atoms. The predicted octanol–water partition coefficient (Wildman–Crippen LogP) is 2.01. The number of ether oxygens (including phenoxy) is 1. The average molecular weight is 246 g/mol. The van der Waals surface area contributed by atoms with Crippen LogP contribution in [0, 0.1) is 11.7 Å². The SMILES string of the molecule is COC12C=CC(=O)CC1C(=O)c1cccc(F)c12. The standard InChI is InChI=1S/C14H11FO3/c1-18-14-6-5-8(16)7-10(14)13(17)9-3-2-4-11(15)12(9)14/h2-6,10H,7H2,1H3. The molecule has 2 atom stereocenters. The largest absolute Gasteiger partial charge is 0.368 e. The van der Waals surface area contributed by atoms with Gasteiger partial charge in [-0.15, -0.1) is 0 Å². The maximum absolute atomic E-state index is 14.0. The zero-order valence-corrected chi connectivity index (χ0v) is 9.77. The Hall–Kier alpha value is -1.81. The summed E-state index contributed by atoms with van der Waals surface area (Å²) in [5.74, 6) is -1.46. The first-order chi connectivity index (χ1) is 8.60. The highest BCUT2D eigenvalue weighted by atomic mass is 19.1. The minimum Gasteiger partial charge on any atom is -0.368 e. The van der Waals surface area contributed by atoms with Gasteiger partial charge in [-0.2, -0.15) is 0 Å². The number of allylic oxidation sites excluding steroid dienone is 1. The summed E-state index contributed by atoms with van der Waals surface area (Å²) in [5.41, 5.74) is -0.543. The van der Waals surface area contributed by atoms with Crippen molar-refractivity contribution >= 4 is 11.6 Å². The van der Waals surface area contributed by atoms with Crippen LogP contribution in [0.3, 0.4) is 0 Å². The summed E-state index contributed by atoms with van der Waals surface area (Å²) >= 11 is 0. The van der Waals surface area contributed by atoms with Gasteiger partial charge in [0, 0.05) is 24.7 Å². The first kappa shape index (κ1) is 11.3. The molecular formula is C14H11FO3. The molecule has 0 aromatic heterocycles. The van der Waals surface area contributed by atoms with E-state index >= 15 is 0 Å². The number of carbonyl (C=O) groups is 2. The molecule has 0 spiro atoms. The third-order valence-corrected chi connectivity index (χ3v) is 3.76. The first-order valence-corrected chi connectivity index (χ1v) is 5.70. The Labute approximate surface area is 103 Å². The van der Waals surface area contributed by atoms with Crippen molar-refractivity contribution in [1.29, 1.82) is 0 Å². The second-order valence-corrected chi connectivity index (χ2v) is 4.58. The van der Waals surface area contributed by atoms with Gasteiger partial charge in [-0.1, -0.05) is 12.1 Å². The van der Waals surface area contributed by atoms with Gasteiger partial charge in [0.2, 0.25) is 0 Å². The zero-order chi connectivity index (χ0) is 12.9. The van der Waals surface area contributed by atoms with E-state index in [1.54, 1.807) is 6.07 Å². The lowest BCUT2D eigenvalue weighted by molar-refractivity contribution is -0.118. The number of methoxy groups -OCH3 is 1. The number of rotatable bonds is 1. The van der Waals surface area contributed by atoms with E-state index in [0.29, 0.717) is 5.56 Å². The van der Waals surface area contributed by atoms with E-state index in [-0.39, 0.29) is 23.6 Å². The highest BCUT2D eigenvalue weighted by molar-refractivity contribution is 6.08. The first-order valence-electron chi connectivity index (χ1n) is 5.70. The molecule has 3 nitrogen and oxygen atoms in total. The van der Waals surface area contributed by atoms with Crippen LogP contribution in [0.2, 0.25) is 0 Å². The summed E-state index contributed by atoms with van der Waals surface area (Å²) in [4.78, 5) is 23.7. The number of hydrogen-bond acceptors (Lipinski definition) is 3. The lowest BCUT2D eigenvalue weighted by Crippen LogP contribution is -2.38. The fraction of sp³-hybridized carbons (Fsp3) is 0.286. The Morgan fingerprint density at radius 3 is 2.89 bits per heavy atom. The molecule has 0 radical (unpaired) electrons. The van der Waals surface area contributed by atoms with Crippen molar-refractivity contribution in [3.8, 4) is 0 Å². The second kappa shape index (κ2) is 3.59. The van der Waals surface area contributed by atoms with E-state index in [9.17, 15) is 14.0 Å². The Morgan fingerprint density at radius 2 is 2.17 bits per heavy atom. The molecule has 0 N–H and O–H groups in total. The summed E-state index contributed by atoms with van der Waals surface area (Å²) in [6.45, 7) is 0. The van der Waals surface area contributed by atoms with Crippen LogP contribution in [-0.2, 0) is 15.1 Å². The van der Waals surface area contributed by atoms with E-state index < -0.39 is 17.3 Å². The Kier molecular flexibility index (Phi) is 2.25. The second-order valence-electron chi connectivity index (χ2n) is 4.58. The van der Waals surface area contributed by atoms with E-state index in [2.05, 4.69) is 0 Å². The Bertz CT molecular complexity index is 591. The van der Waals surface area contributed by atoms with Crippen LogP contribution >= 0.6 is 0 Å². The van der Waals surface area contributed by atoms with Crippen molar-refractivity contribution in [2.75, 3.05) is 7.11 Å². The monoisotopic (exact) mass is 246 g/mol.